The fourth-order valence-corrected chi connectivity index (χ4v) is 6.64. The van der Waals surface area contributed by atoms with Gasteiger partial charge >= 0.3 is 0 Å². The molecular formula is C48H48O4. The maximum atomic E-state index is 11.6. The summed E-state index contributed by atoms with van der Waals surface area (Å²) in [6.07, 6.45) is 6.60. The Hall–Kier alpha value is -5.74. The van der Waals surface area contributed by atoms with Gasteiger partial charge in [-0.25, -0.2) is 0 Å². The Morgan fingerprint density at radius 2 is 1.04 bits per heavy atom. The number of unbranched alkanes of at least 4 members (excludes halogenated alkanes) is 1. The van der Waals surface area contributed by atoms with Crippen LogP contribution in [0.3, 0.4) is 0 Å². The van der Waals surface area contributed by atoms with E-state index >= 15 is 0 Å². The van der Waals surface area contributed by atoms with Crippen molar-refractivity contribution in [2.75, 3.05) is 13.2 Å². The van der Waals surface area contributed by atoms with E-state index in [9.17, 15) is 10.2 Å². The van der Waals surface area contributed by atoms with Crippen LogP contribution in [0.1, 0.15) is 44.2 Å². The van der Waals surface area contributed by atoms with Crippen molar-refractivity contribution in [2.45, 2.75) is 46.0 Å². The minimum atomic E-state index is -0.00248. The van der Waals surface area contributed by atoms with Gasteiger partial charge in [0.1, 0.15) is 23.0 Å². The standard InChI is InChI=1S/C48H48O4/c1-4-7-17-35-27-29-46(44(31-35)42-25-15-23-40(48(42)50)38-20-12-9-13-21-38)52-33-36(16-5-2)32-51-45-28-26-34(6-3)30-43(45)41-24-14-22-39(47(41)49)37-18-10-8-11-19-37/h5,8-15,18-31,36,49-50H,2,4,6-7,16-17,32-33H2,1,3H3. The topological polar surface area (TPSA) is 58.9 Å². The summed E-state index contributed by atoms with van der Waals surface area (Å²) in [5.41, 5.74) is 9.04. The smallest absolute Gasteiger partial charge is 0.131 e. The van der Waals surface area contributed by atoms with Crippen molar-refractivity contribution in [1.82, 2.24) is 0 Å². The van der Waals surface area contributed by atoms with Gasteiger partial charge in [0.25, 0.3) is 0 Å². The number of phenols is 2. The van der Waals surface area contributed by atoms with Gasteiger partial charge in [-0.05, 0) is 72.2 Å². The molecule has 0 radical (unpaired) electrons. The van der Waals surface area contributed by atoms with Crippen LogP contribution in [0.15, 0.2) is 146 Å². The first kappa shape index (κ1) is 36.1. The van der Waals surface area contributed by atoms with Crippen LogP contribution in [0.2, 0.25) is 0 Å². The summed E-state index contributed by atoms with van der Waals surface area (Å²) in [5, 5.41) is 23.1. The van der Waals surface area contributed by atoms with Crippen LogP contribution in [0.25, 0.3) is 44.5 Å². The van der Waals surface area contributed by atoms with Gasteiger partial charge in [0, 0.05) is 39.3 Å². The number of ether oxygens (including phenoxy) is 2. The largest absolute Gasteiger partial charge is 0.507 e. The van der Waals surface area contributed by atoms with E-state index in [0.29, 0.717) is 31.1 Å². The van der Waals surface area contributed by atoms with Gasteiger partial charge in [-0.3, -0.25) is 0 Å². The quantitative estimate of drug-likeness (QED) is 0.0994. The van der Waals surface area contributed by atoms with Gasteiger partial charge in [-0.15, -0.1) is 6.58 Å². The number of para-hydroxylation sites is 2. The second-order valence-corrected chi connectivity index (χ2v) is 13.3. The Kier molecular flexibility index (Phi) is 12.1. The van der Waals surface area contributed by atoms with E-state index < -0.39 is 0 Å². The first-order valence-corrected chi connectivity index (χ1v) is 18.4. The second kappa shape index (κ2) is 17.5. The van der Waals surface area contributed by atoms with Gasteiger partial charge in [-0.2, -0.15) is 0 Å². The number of benzene rings is 6. The lowest BCUT2D eigenvalue weighted by molar-refractivity contribution is 0.179. The Balaban J connectivity index is 1.27. The molecule has 0 bridgehead atoms. The number of hydrogen-bond acceptors (Lipinski definition) is 4. The third-order valence-corrected chi connectivity index (χ3v) is 9.59. The van der Waals surface area contributed by atoms with Crippen molar-refractivity contribution >= 4 is 0 Å². The molecule has 0 aliphatic rings. The number of aryl methyl sites for hydroxylation is 2. The zero-order chi connectivity index (χ0) is 36.3. The Morgan fingerprint density at radius 1 is 0.558 bits per heavy atom. The molecule has 0 saturated carbocycles. The molecule has 6 rings (SSSR count). The van der Waals surface area contributed by atoms with Crippen LogP contribution in [-0.2, 0) is 12.8 Å². The molecule has 0 spiro atoms. The molecule has 0 aromatic heterocycles. The van der Waals surface area contributed by atoms with E-state index in [4.69, 9.17) is 9.47 Å². The predicted molar refractivity (Wildman–Crippen MR) is 215 cm³/mol. The summed E-state index contributed by atoms with van der Waals surface area (Å²) in [6, 6.07) is 44.2. The predicted octanol–water partition coefficient (Wildman–Crippen LogP) is 12.3. The average Bonchev–Trinajstić information content (AvgIpc) is 3.19. The molecule has 52 heavy (non-hydrogen) atoms. The highest BCUT2D eigenvalue weighted by Gasteiger charge is 2.20. The van der Waals surface area contributed by atoms with Crippen LogP contribution in [0.4, 0.5) is 0 Å². The molecule has 0 aliphatic heterocycles. The van der Waals surface area contributed by atoms with Crippen LogP contribution in [-0.4, -0.2) is 23.4 Å². The normalized spacial score (nSPS) is 11.6. The molecule has 1 atom stereocenters. The van der Waals surface area contributed by atoms with Gasteiger partial charge in [0.2, 0.25) is 0 Å². The van der Waals surface area contributed by atoms with E-state index in [1.807, 2.05) is 115 Å². The first-order chi connectivity index (χ1) is 25.5. The molecule has 4 nitrogen and oxygen atoms in total. The molecule has 264 valence electrons. The summed E-state index contributed by atoms with van der Waals surface area (Å²) >= 11 is 0. The van der Waals surface area contributed by atoms with Crippen molar-refractivity contribution < 1.29 is 19.7 Å². The highest BCUT2D eigenvalue weighted by Crippen LogP contribution is 2.44. The van der Waals surface area contributed by atoms with E-state index in [1.54, 1.807) is 0 Å². The molecule has 0 amide bonds. The number of aromatic hydroxyl groups is 2. The Morgan fingerprint density at radius 3 is 1.52 bits per heavy atom. The lowest BCUT2D eigenvalue weighted by atomic mass is 9.94. The molecule has 1 unspecified atom stereocenters. The molecular weight excluding hydrogens is 641 g/mol. The Bertz CT molecular complexity index is 2080. The van der Waals surface area contributed by atoms with Gasteiger partial charge in [0.15, 0.2) is 0 Å². The maximum absolute atomic E-state index is 11.6. The average molecular weight is 689 g/mol. The first-order valence-electron chi connectivity index (χ1n) is 18.4. The Labute approximate surface area is 308 Å². The molecule has 4 heteroatoms. The van der Waals surface area contributed by atoms with E-state index in [-0.39, 0.29) is 17.4 Å². The molecule has 0 aliphatic carbocycles. The SMILES string of the molecule is C=CCC(COc1ccc(CC)cc1-c1cccc(-c2ccccc2)c1O)COc1ccc(CCCC)cc1-c1cccc(-c2ccccc2)c1O. The van der Waals surface area contributed by atoms with Gasteiger partial charge in [0.05, 0.1) is 13.2 Å². The summed E-state index contributed by atoms with van der Waals surface area (Å²) in [6.45, 7) is 9.13. The van der Waals surface area contributed by atoms with Gasteiger partial charge in [-0.1, -0.05) is 136 Å². The monoisotopic (exact) mass is 688 g/mol. The molecule has 6 aromatic rings. The molecule has 0 saturated heterocycles. The van der Waals surface area contributed by atoms with Gasteiger partial charge < -0.3 is 19.7 Å². The third kappa shape index (κ3) is 8.41. The zero-order valence-corrected chi connectivity index (χ0v) is 30.2. The summed E-state index contributed by atoms with van der Waals surface area (Å²) in [7, 11) is 0. The second-order valence-electron chi connectivity index (χ2n) is 13.3. The van der Waals surface area contributed by atoms with Crippen LogP contribution in [0, 0.1) is 5.92 Å². The minimum Gasteiger partial charge on any atom is -0.507 e. The van der Waals surface area contributed by atoms with Crippen molar-refractivity contribution in [3.8, 4) is 67.5 Å². The van der Waals surface area contributed by atoms with Crippen LogP contribution < -0.4 is 9.47 Å². The fraction of sp³-hybridized carbons (Fsp3) is 0.208. The van der Waals surface area contributed by atoms with Crippen molar-refractivity contribution in [3.63, 3.8) is 0 Å². The van der Waals surface area contributed by atoms with E-state index in [1.165, 1.54) is 5.56 Å². The fourth-order valence-electron chi connectivity index (χ4n) is 6.64. The number of rotatable bonds is 16. The number of allylic oxidation sites excluding steroid dienone is 1. The highest BCUT2D eigenvalue weighted by molar-refractivity contribution is 5.85. The highest BCUT2D eigenvalue weighted by atomic mass is 16.5. The molecule has 0 fully saturated rings. The van der Waals surface area contributed by atoms with Crippen LogP contribution >= 0.6 is 0 Å². The number of hydrogen-bond donors (Lipinski definition) is 2. The number of phenolic OH excluding ortho intramolecular Hbond substituents is 2. The summed E-state index contributed by atoms with van der Waals surface area (Å²) in [5.74, 6) is 1.88. The van der Waals surface area contributed by atoms with E-state index in [0.717, 1.165) is 75.8 Å². The van der Waals surface area contributed by atoms with Crippen molar-refractivity contribution in [3.05, 3.63) is 157 Å². The third-order valence-electron chi connectivity index (χ3n) is 9.59. The van der Waals surface area contributed by atoms with Crippen LogP contribution in [0.5, 0.6) is 23.0 Å². The molecule has 6 aromatic carbocycles. The lowest BCUT2D eigenvalue weighted by Gasteiger charge is -2.21. The maximum Gasteiger partial charge on any atom is 0.131 e. The summed E-state index contributed by atoms with van der Waals surface area (Å²) in [4.78, 5) is 0. The minimum absolute atomic E-state index is 0.00248. The van der Waals surface area contributed by atoms with Crippen molar-refractivity contribution in [2.24, 2.45) is 5.92 Å². The zero-order valence-electron chi connectivity index (χ0n) is 30.2. The molecule has 2 N–H and O–H groups in total. The van der Waals surface area contributed by atoms with E-state index in [2.05, 4.69) is 44.7 Å². The molecule has 0 heterocycles. The lowest BCUT2D eigenvalue weighted by Crippen LogP contribution is -2.20. The summed E-state index contributed by atoms with van der Waals surface area (Å²) < 4.78 is 13.2. The van der Waals surface area contributed by atoms with Crippen molar-refractivity contribution in [1.29, 1.82) is 0 Å².